The number of hydrogen-bond acceptors (Lipinski definition) is 5. The van der Waals surface area contributed by atoms with Gasteiger partial charge in [0.1, 0.15) is 4.99 Å². The summed E-state index contributed by atoms with van der Waals surface area (Å²) in [7, 11) is 0. The molecule has 0 aliphatic carbocycles. The summed E-state index contributed by atoms with van der Waals surface area (Å²) in [5.74, 6) is -0.405. The molecule has 0 bridgehead atoms. The fourth-order valence-corrected chi connectivity index (χ4v) is 1.59. The van der Waals surface area contributed by atoms with Gasteiger partial charge in [-0.1, -0.05) is 12.2 Å². The van der Waals surface area contributed by atoms with Crippen LogP contribution in [0.5, 0.6) is 0 Å². The molecule has 0 amide bonds. The van der Waals surface area contributed by atoms with Gasteiger partial charge in [-0.2, -0.15) is 5.10 Å². The van der Waals surface area contributed by atoms with Crippen LogP contribution < -0.4 is 5.73 Å². The normalized spacial score (nSPS) is 10.2. The highest BCUT2D eigenvalue weighted by Gasteiger charge is 2.10. The van der Waals surface area contributed by atoms with E-state index in [1.54, 1.807) is 31.5 Å². The topological polar surface area (TPSA) is 83.0 Å². The molecule has 0 saturated carbocycles. The summed E-state index contributed by atoms with van der Waals surface area (Å²) in [4.78, 5) is 15.8. The molecule has 0 fully saturated rings. The summed E-state index contributed by atoms with van der Waals surface area (Å²) in [5.41, 5.74) is 7.12. The zero-order valence-corrected chi connectivity index (χ0v) is 11.1. The fraction of sp³-hybridized carbons (Fsp3) is 0.167. The first-order valence-corrected chi connectivity index (χ1v) is 6.00. The summed E-state index contributed by atoms with van der Waals surface area (Å²) in [6.45, 7) is 2.07. The van der Waals surface area contributed by atoms with Crippen LogP contribution in [0.3, 0.4) is 0 Å². The summed E-state index contributed by atoms with van der Waals surface area (Å²) < 4.78 is 6.43. The van der Waals surface area contributed by atoms with Crippen LogP contribution in [-0.2, 0) is 4.74 Å². The highest BCUT2D eigenvalue weighted by molar-refractivity contribution is 7.80. The summed E-state index contributed by atoms with van der Waals surface area (Å²) >= 11 is 4.86. The summed E-state index contributed by atoms with van der Waals surface area (Å²) in [5, 5.41) is 4.09. The van der Waals surface area contributed by atoms with Gasteiger partial charge in [-0.25, -0.2) is 9.48 Å². The number of pyridine rings is 1. The molecule has 0 unspecified atom stereocenters. The Morgan fingerprint density at radius 1 is 1.58 bits per heavy atom. The average Bonchev–Trinajstić information content (AvgIpc) is 2.89. The first-order valence-electron chi connectivity index (χ1n) is 5.60. The van der Waals surface area contributed by atoms with Crippen LogP contribution in [-0.4, -0.2) is 32.3 Å². The molecular weight excluding hydrogens is 264 g/mol. The second-order valence-electron chi connectivity index (χ2n) is 3.66. The van der Waals surface area contributed by atoms with Gasteiger partial charge in [-0.15, -0.1) is 0 Å². The first kappa shape index (κ1) is 13.2. The van der Waals surface area contributed by atoms with Crippen LogP contribution in [0.1, 0.15) is 23.0 Å². The lowest BCUT2D eigenvalue weighted by molar-refractivity contribution is 0.0526. The van der Waals surface area contributed by atoms with Crippen molar-refractivity contribution in [1.29, 1.82) is 0 Å². The van der Waals surface area contributed by atoms with Crippen LogP contribution >= 0.6 is 12.2 Å². The number of ether oxygens (including phenoxy) is 1. The van der Waals surface area contributed by atoms with Gasteiger partial charge < -0.3 is 10.5 Å². The zero-order chi connectivity index (χ0) is 13.8. The van der Waals surface area contributed by atoms with Crippen molar-refractivity contribution in [3.8, 4) is 5.69 Å². The van der Waals surface area contributed by atoms with Crippen LogP contribution in [0.15, 0.2) is 30.7 Å². The van der Waals surface area contributed by atoms with Gasteiger partial charge in [0.2, 0.25) is 0 Å². The molecule has 0 aliphatic heterocycles. The van der Waals surface area contributed by atoms with Gasteiger partial charge in [0.25, 0.3) is 0 Å². The Morgan fingerprint density at radius 2 is 2.37 bits per heavy atom. The third-order valence-corrected chi connectivity index (χ3v) is 2.56. The van der Waals surface area contributed by atoms with E-state index >= 15 is 0 Å². The first-order chi connectivity index (χ1) is 9.11. The van der Waals surface area contributed by atoms with E-state index in [4.69, 9.17) is 22.7 Å². The molecule has 2 aromatic rings. The van der Waals surface area contributed by atoms with E-state index < -0.39 is 5.97 Å². The lowest BCUT2D eigenvalue weighted by atomic mass is 10.3. The van der Waals surface area contributed by atoms with Gasteiger partial charge in [0.05, 0.1) is 29.7 Å². The van der Waals surface area contributed by atoms with Crippen LogP contribution in [0, 0.1) is 0 Å². The lowest BCUT2D eigenvalue weighted by Crippen LogP contribution is -2.12. The largest absolute Gasteiger partial charge is 0.462 e. The number of thiocarbonyl (C=S) groups is 1. The minimum absolute atomic E-state index is 0.208. The third-order valence-electron chi connectivity index (χ3n) is 2.35. The molecule has 0 aromatic carbocycles. The molecule has 7 heteroatoms. The van der Waals surface area contributed by atoms with Crippen molar-refractivity contribution in [3.63, 3.8) is 0 Å². The maximum absolute atomic E-state index is 11.5. The smallest absolute Gasteiger partial charge is 0.341 e. The van der Waals surface area contributed by atoms with E-state index in [1.165, 1.54) is 10.9 Å². The standard InChI is InChI=1S/C12H12N4O2S/c1-2-18-12(17)8-6-15-16(7-8)9-3-4-14-10(5-9)11(13)19/h3-7H,2H2,1H3,(H2,13,19). The number of aromatic nitrogens is 3. The molecular formula is C12H12N4O2S. The van der Waals surface area contributed by atoms with Crippen molar-refractivity contribution >= 4 is 23.2 Å². The average molecular weight is 276 g/mol. The third kappa shape index (κ3) is 2.94. The highest BCUT2D eigenvalue weighted by Crippen LogP contribution is 2.10. The monoisotopic (exact) mass is 276 g/mol. The number of carbonyl (C=O) groups is 1. The number of carbonyl (C=O) groups excluding carboxylic acids is 1. The maximum Gasteiger partial charge on any atom is 0.341 e. The number of nitrogens with two attached hydrogens (primary N) is 1. The lowest BCUT2D eigenvalue weighted by Gasteiger charge is -2.03. The minimum Gasteiger partial charge on any atom is -0.462 e. The van der Waals surface area contributed by atoms with Crippen molar-refractivity contribution in [1.82, 2.24) is 14.8 Å². The minimum atomic E-state index is -0.405. The van der Waals surface area contributed by atoms with E-state index in [0.29, 0.717) is 23.6 Å². The van der Waals surface area contributed by atoms with Crippen LogP contribution in [0.25, 0.3) is 5.69 Å². The number of esters is 1. The van der Waals surface area contributed by atoms with Crippen LogP contribution in [0.4, 0.5) is 0 Å². The Bertz CT molecular complexity index is 624. The van der Waals surface area contributed by atoms with Gasteiger partial charge in [-0.05, 0) is 19.1 Å². The molecule has 2 N–H and O–H groups in total. The van der Waals surface area contributed by atoms with Crippen molar-refractivity contribution < 1.29 is 9.53 Å². The molecule has 2 heterocycles. The summed E-state index contributed by atoms with van der Waals surface area (Å²) in [6, 6.07) is 3.44. The Hall–Kier alpha value is -2.28. The van der Waals surface area contributed by atoms with Gasteiger partial charge >= 0.3 is 5.97 Å². The molecule has 19 heavy (non-hydrogen) atoms. The predicted molar refractivity (Wildman–Crippen MR) is 73.2 cm³/mol. The maximum atomic E-state index is 11.5. The molecule has 6 nitrogen and oxygen atoms in total. The van der Waals surface area contributed by atoms with E-state index in [-0.39, 0.29) is 4.99 Å². The second-order valence-corrected chi connectivity index (χ2v) is 4.10. The molecule has 98 valence electrons. The molecule has 2 rings (SSSR count). The van der Waals surface area contributed by atoms with Crippen molar-refractivity contribution in [2.24, 2.45) is 5.73 Å². The fourth-order valence-electron chi connectivity index (χ4n) is 1.48. The molecule has 0 aliphatic rings. The Morgan fingerprint density at radius 3 is 3.05 bits per heavy atom. The SMILES string of the molecule is CCOC(=O)c1cnn(-c2ccnc(C(N)=S)c2)c1. The molecule has 0 saturated heterocycles. The molecule has 0 radical (unpaired) electrons. The van der Waals surface area contributed by atoms with Crippen molar-refractivity contribution in [2.45, 2.75) is 6.92 Å². The Kier molecular flexibility index (Phi) is 3.86. The quantitative estimate of drug-likeness (QED) is 0.664. The summed E-state index contributed by atoms with van der Waals surface area (Å²) in [6.07, 6.45) is 4.60. The Balaban J connectivity index is 2.30. The van der Waals surface area contributed by atoms with E-state index in [0.717, 1.165) is 0 Å². The predicted octanol–water partition coefficient (Wildman–Crippen LogP) is 1.08. The number of nitrogens with zero attached hydrogens (tertiary/aromatic N) is 3. The number of hydrogen-bond donors (Lipinski definition) is 1. The highest BCUT2D eigenvalue weighted by atomic mass is 32.1. The van der Waals surface area contributed by atoms with E-state index in [1.807, 2.05) is 0 Å². The van der Waals surface area contributed by atoms with E-state index in [9.17, 15) is 4.79 Å². The molecule has 0 spiro atoms. The van der Waals surface area contributed by atoms with Gasteiger partial charge in [0.15, 0.2) is 0 Å². The molecule has 2 aromatic heterocycles. The Labute approximate surface area is 115 Å². The molecule has 0 atom stereocenters. The van der Waals surface area contributed by atoms with Gasteiger partial charge in [-0.3, -0.25) is 4.98 Å². The number of rotatable bonds is 4. The van der Waals surface area contributed by atoms with Crippen LogP contribution in [0.2, 0.25) is 0 Å². The van der Waals surface area contributed by atoms with Crippen molar-refractivity contribution in [3.05, 3.63) is 42.0 Å². The van der Waals surface area contributed by atoms with Gasteiger partial charge in [0, 0.05) is 12.4 Å². The van der Waals surface area contributed by atoms with E-state index in [2.05, 4.69) is 10.1 Å². The zero-order valence-electron chi connectivity index (χ0n) is 10.2. The second kappa shape index (κ2) is 5.57. The van der Waals surface area contributed by atoms with Crippen molar-refractivity contribution in [2.75, 3.05) is 6.61 Å².